The number of hydrogen-bond acceptors (Lipinski definition) is 4. The van der Waals surface area contributed by atoms with Gasteiger partial charge in [0.1, 0.15) is 6.04 Å². The number of carbonyl (C=O) groups is 1. The molecule has 2 rings (SSSR count). The lowest BCUT2D eigenvalue weighted by Gasteiger charge is -2.22. The van der Waals surface area contributed by atoms with Crippen LogP contribution in [0.5, 0.6) is 0 Å². The van der Waals surface area contributed by atoms with Crippen LogP contribution in [-0.4, -0.2) is 36.7 Å². The second kappa shape index (κ2) is 5.25. The minimum atomic E-state index is -0.341. The Morgan fingerprint density at radius 1 is 1.69 bits per heavy atom. The molecule has 1 aromatic heterocycles. The van der Waals surface area contributed by atoms with Crippen LogP contribution >= 0.6 is 11.6 Å². The summed E-state index contributed by atoms with van der Waals surface area (Å²) in [6, 6.07) is 3.04. The number of ether oxygens (including phenoxy) is 1. The van der Waals surface area contributed by atoms with Crippen LogP contribution in [0, 0.1) is 0 Å². The van der Waals surface area contributed by atoms with Crippen LogP contribution in [0.4, 0.5) is 5.82 Å². The Labute approximate surface area is 98.1 Å². The zero-order valence-electron chi connectivity index (χ0n) is 8.57. The fraction of sp³-hybridized carbons (Fsp3) is 0.400. The number of pyridine rings is 1. The third-order valence-electron chi connectivity index (χ3n) is 2.24. The van der Waals surface area contributed by atoms with Gasteiger partial charge in [-0.25, -0.2) is 4.98 Å². The molecule has 0 bridgehead atoms. The van der Waals surface area contributed by atoms with Crippen LogP contribution in [-0.2, 0) is 9.53 Å². The van der Waals surface area contributed by atoms with Crippen LogP contribution in [0.15, 0.2) is 18.3 Å². The molecule has 1 fully saturated rings. The number of carbonyl (C=O) groups excluding carboxylic acids is 1. The number of hydrogen-bond donors (Lipinski definition) is 2. The average molecular weight is 242 g/mol. The molecule has 1 aromatic rings. The van der Waals surface area contributed by atoms with Gasteiger partial charge in [0, 0.05) is 12.7 Å². The summed E-state index contributed by atoms with van der Waals surface area (Å²) < 4.78 is 5.19. The molecule has 0 aliphatic carbocycles. The molecule has 0 radical (unpaired) electrons. The molecule has 2 heterocycles. The molecular formula is C10H12ClN3O2. The van der Waals surface area contributed by atoms with Crippen LogP contribution < -0.4 is 10.6 Å². The van der Waals surface area contributed by atoms with Gasteiger partial charge in [-0.2, -0.15) is 0 Å². The van der Waals surface area contributed by atoms with Crippen molar-refractivity contribution in [3.8, 4) is 0 Å². The normalized spacial score (nSPS) is 20.4. The van der Waals surface area contributed by atoms with Crippen molar-refractivity contribution in [3.63, 3.8) is 0 Å². The number of anilines is 1. The second-order valence-corrected chi connectivity index (χ2v) is 3.81. The van der Waals surface area contributed by atoms with Gasteiger partial charge in [-0.15, -0.1) is 0 Å². The first-order chi connectivity index (χ1) is 7.77. The van der Waals surface area contributed by atoms with Gasteiger partial charge in [0.15, 0.2) is 5.82 Å². The number of rotatable bonds is 2. The summed E-state index contributed by atoms with van der Waals surface area (Å²) in [7, 11) is 0. The maximum absolute atomic E-state index is 11.8. The molecule has 0 aromatic carbocycles. The number of aromatic nitrogens is 1. The molecule has 1 unspecified atom stereocenters. The Bertz CT molecular complexity index is 380. The highest BCUT2D eigenvalue weighted by Crippen LogP contribution is 2.17. The van der Waals surface area contributed by atoms with E-state index in [1.54, 1.807) is 18.3 Å². The summed E-state index contributed by atoms with van der Waals surface area (Å²) >= 11 is 5.88. The Kier molecular flexibility index (Phi) is 3.71. The molecular weight excluding hydrogens is 230 g/mol. The van der Waals surface area contributed by atoms with E-state index in [0.717, 1.165) is 0 Å². The van der Waals surface area contributed by atoms with E-state index in [1.807, 2.05) is 0 Å². The van der Waals surface area contributed by atoms with Gasteiger partial charge in [-0.1, -0.05) is 11.6 Å². The predicted molar refractivity (Wildman–Crippen MR) is 60.5 cm³/mol. The van der Waals surface area contributed by atoms with Gasteiger partial charge in [-0.3, -0.25) is 4.79 Å². The number of nitrogens with zero attached hydrogens (tertiary/aromatic N) is 1. The fourth-order valence-corrected chi connectivity index (χ4v) is 1.58. The third-order valence-corrected chi connectivity index (χ3v) is 2.54. The topological polar surface area (TPSA) is 63.2 Å². The molecule has 86 valence electrons. The van der Waals surface area contributed by atoms with Crippen molar-refractivity contribution in [1.82, 2.24) is 10.3 Å². The minimum Gasteiger partial charge on any atom is -0.378 e. The maximum atomic E-state index is 11.8. The summed E-state index contributed by atoms with van der Waals surface area (Å²) in [5, 5.41) is 6.13. The second-order valence-electron chi connectivity index (χ2n) is 3.40. The zero-order chi connectivity index (χ0) is 11.4. The monoisotopic (exact) mass is 241 g/mol. The molecule has 1 aliphatic rings. The van der Waals surface area contributed by atoms with Crippen molar-refractivity contribution >= 4 is 23.3 Å². The van der Waals surface area contributed by atoms with Gasteiger partial charge in [0.25, 0.3) is 0 Å². The van der Waals surface area contributed by atoms with E-state index in [0.29, 0.717) is 30.6 Å². The van der Waals surface area contributed by atoms with Gasteiger partial charge in [-0.05, 0) is 12.1 Å². The molecule has 1 saturated heterocycles. The quantitative estimate of drug-likeness (QED) is 0.799. The summed E-state index contributed by atoms with van der Waals surface area (Å²) in [5.41, 5.74) is 0. The summed E-state index contributed by atoms with van der Waals surface area (Å²) in [5.74, 6) is 0.196. The fourth-order valence-electron chi connectivity index (χ4n) is 1.42. The van der Waals surface area contributed by atoms with E-state index in [4.69, 9.17) is 16.3 Å². The molecule has 1 atom stereocenters. The lowest BCUT2D eigenvalue weighted by Crippen LogP contribution is -2.48. The summed E-state index contributed by atoms with van der Waals surface area (Å²) in [4.78, 5) is 15.7. The third kappa shape index (κ3) is 2.69. The Morgan fingerprint density at radius 3 is 3.25 bits per heavy atom. The maximum Gasteiger partial charge on any atom is 0.245 e. The Morgan fingerprint density at radius 2 is 2.56 bits per heavy atom. The van der Waals surface area contributed by atoms with Gasteiger partial charge >= 0.3 is 0 Å². The first-order valence-electron chi connectivity index (χ1n) is 5.00. The highest BCUT2D eigenvalue weighted by molar-refractivity contribution is 6.33. The summed E-state index contributed by atoms with van der Waals surface area (Å²) in [6.45, 7) is 1.68. The highest BCUT2D eigenvalue weighted by atomic mass is 35.5. The minimum absolute atomic E-state index is 0.180. The van der Waals surface area contributed by atoms with Gasteiger partial charge in [0.05, 0.1) is 18.2 Å². The van der Waals surface area contributed by atoms with E-state index < -0.39 is 0 Å². The van der Waals surface area contributed by atoms with Crippen LogP contribution in [0.25, 0.3) is 0 Å². The first kappa shape index (κ1) is 11.3. The molecule has 2 N–H and O–H groups in total. The first-order valence-corrected chi connectivity index (χ1v) is 5.37. The average Bonchev–Trinajstić information content (AvgIpc) is 2.33. The van der Waals surface area contributed by atoms with Gasteiger partial charge in [0.2, 0.25) is 5.91 Å². The van der Waals surface area contributed by atoms with Crippen molar-refractivity contribution in [2.75, 3.05) is 25.1 Å². The van der Waals surface area contributed by atoms with E-state index in [9.17, 15) is 4.79 Å². The number of morpholine rings is 1. The molecule has 0 spiro atoms. The molecule has 0 saturated carbocycles. The number of nitrogens with one attached hydrogen (secondary N) is 2. The molecule has 16 heavy (non-hydrogen) atoms. The van der Waals surface area contributed by atoms with Crippen molar-refractivity contribution < 1.29 is 9.53 Å². The predicted octanol–water partition coefficient (Wildman–Crippen LogP) is 0.662. The largest absolute Gasteiger partial charge is 0.378 e. The van der Waals surface area contributed by atoms with Crippen LogP contribution in [0.2, 0.25) is 5.02 Å². The van der Waals surface area contributed by atoms with E-state index >= 15 is 0 Å². The Balaban J connectivity index is 1.99. The smallest absolute Gasteiger partial charge is 0.245 e. The molecule has 6 heteroatoms. The van der Waals surface area contributed by atoms with Crippen LogP contribution in [0.3, 0.4) is 0 Å². The van der Waals surface area contributed by atoms with Crippen molar-refractivity contribution in [1.29, 1.82) is 0 Å². The lowest BCUT2D eigenvalue weighted by atomic mass is 10.2. The molecule has 5 nitrogen and oxygen atoms in total. The molecule has 1 amide bonds. The van der Waals surface area contributed by atoms with Crippen molar-refractivity contribution in [2.24, 2.45) is 0 Å². The number of amides is 1. The van der Waals surface area contributed by atoms with E-state index in [-0.39, 0.29) is 11.9 Å². The van der Waals surface area contributed by atoms with Gasteiger partial charge < -0.3 is 15.4 Å². The number of halogens is 1. The van der Waals surface area contributed by atoms with Crippen molar-refractivity contribution in [2.45, 2.75) is 6.04 Å². The lowest BCUT2D eigenvalue weighted by molar-refractivity contribution is -0.120. The van der Waals surface area contributed by atoms with Crippen molar-refractivity contribution in [3.05, 3.63) is 23.4 Å². The molecule has 1 aliphatic heterocycles. The Hall–Kier alpha value is -1.17. The summed E-state index contributed by atoms with van der Waals surface area (Å²) in [6.07, 6.45) is 1.58. The van der Waals surface area contributed by atoms with Crippen LogP contribution in [0.1, 0.15) is 0 Å². The standard InChI is InChI=1S/C10H12ClN3O2/c11-7-2-1-3-13-9(7)14-10(15)8-6-16-5-4-12-8/h1-3,8,12H,4-6H2,(H,13,14,15). The zero-order valence-corrected chi connectivity index (χ0v) is 9.33. The highest BCUT2D eigenvalue weighted by Gasteiger charge is 2.21. The van der Waals surface area contributed by atoms with E-state index in [2.05, 4.69) is 15.6 Å². The SMILES string of the molecule is O=C(Nc1ncccc1Cl)C1COCCN1. The van der Waals surface area contributed by atoms with E-state index in [1.165, 1.54) is 0 Å².